The molecule has 1 heterocycles. The first-order valence-corrected chi connectivity index (χ1v) is 3.90. The smallest absolute Gasteiger partial charge is 0.0237 e. The third kappa shape index (κ3) is 1.68. The summed E-state index contributed by atoms with van der Waals surface area (Å²) in [5.41, 5.74) is 2.83. The van der Waals surface area contributed by atoms with Crippen molar-refractivity contribution in [2.45, 2.75) is 31.8 Å². The van der Waals surface area contributed by atoms with Gasteiger partial charge in [0.2, 0.25) is 0 Å². The Balaban J connectivity index is 2.33. The average Bonchev–Trinajstić information content (AvgIpc) is 1.95. The number of likely N-dealkylation sites (tertiary alicyclic amines) is 1. The SMILES string of the molecule is CC1CC(NN)CCN1C. The van der Waals surface area contributed by atoms with Crippen LogP contribution >= 0.6 is 0 Å². The highest BCUT2D eigenvalue weighted by Gasteiger charge is 2.20. The predicted octanol–water partition coefficient (Wildman–Crippen LogP) is -0.0676. The zero-order valence-electron chi connectivity index (χ0n) is 6.80. The fourth-order valence-electron chi connectivity index (χ4n) is 1.44. The molecule has 2 unspecified atom stereocenters. The maximum absolute atomic E-state index is 5.34. The number of hydrogen-bond acceptors (Lipinski definition) is 3. The zero-order chi connectivity index (χ0) is 7.56. The zero-order valence-corrected chi connectivity index (χ0v) is 6.80. The van der Waals surface area contributed by atoms with Gasteiger partial charge in [0, 0.05) is 12.1 Å². The number of nitrogens with zero attached hydrogens (tertiary/aromatic N) is 1. The van der Waals surface area contributed by atoms with Crippen LogP contribution in [0, 0.1) is 0 Å². The molecule has 3 N–H and O–H groups in total. The second kappa shape index (κ2) is 3.32. The fourth-order valence-corrected chi connectivity index (χ4v) is 1.44. The molecule has 0 bridgehead atoms. The van der Waals surface area contributed by atoms with E-state index in [1.807, 2.05) is 0 Å². The molecule has 0 spiro atoms. The molecule has 1 aliphatic heterocycles. The van der Waals surface area contributed by atoms with Gasteiger partial charge in [-0.25, -0.2) is 0 Å². The summed E-state index contributed by atoms with van der Waals surface area (Å²) >= 11 is 0. The molecule has 0 amide bonds. The summed E-state index contributed by atoms with van der Waals surface area (Å²) < 4.78 is 0. The summed E-state index contributed by atoms with van der Waals surface area (Å²) in [5.74, 6) is 5.34. The van der Waals surface area contributed by atoms with Crippen LogP contribution in [0.25, 0.3) is 0 Å². The first-order valence-electron chi connectivity index (χ1n) is 3.90. The summed E-state index contributed by atoms with van der Waals surface area (Å²) in [6.45, 7) is 3.40. The van der Waals surface area contributed by atoms with Crippen LogP contribution < -0.4 is 11.3 Å². The highest BCUT2D eigenvalue weighted by atomic mass is 15.3. The van der Waals surface area contributed by atoms with Gasteiger partial charge in [0.05, 0.1) is 0 Å². The van der Waals surface area contributed by atoms with E-state index in [2.05, 4.69) is 24.3 Å². The number of nitrogens with one attached hydrogen (secondary N) is 1. The molecule has 0 aromatic heterocycles. The van der Waals surface area contributed by atoms with Crippen LogP contribution in [0.3, 0.4) is 0 Å². The summed E-state index contributed by atoms with van der Waals surface area (Å²) in [6, 6.07) is 1.21. The van der Waals surface area contributed by atoms with Gasteiger partial charge < -0.3 is 4.90 Å². The van der Waals surface area contributed by atoms with Crippen LogP contribution in [0.5, 0.6) is 0 Å². The molecule has 1 aliphatic rings. The summed E-state index contributed by atoms with van der Waals surface area (Å²) in [5, 5.41) is 0. The normalized spacial score (nSPS) is 36.3. The van der Waals surface area contributed by atoms with Gasteiger partial charge in [-0.3, -0.25) is 11.3 Å². The molecule has 3 heteroatoms. The summed E-state index contributed by atoms with van der Waals surface area (Å²) in [7, 11) is 2.16. The predicted molar refractivity (Wildman–Crippen MR) is 42.4 cm³/mol. The Morgan fingerprint density at radius 3 is 2.80 bits per heavy atom. The molecular weight excluding hydrogens is 126 g/mol. The van der Waals surface area contributed by atoms with Crippen LogP contribution in [0.1, 0.15) is 19.8 Å². The van der Waals surface area contributed by atoms with Crippen LogP contribution in [0.4, 0.5) is 0 Å². The van der Waals surface area contributed by atoms with E-state index in [0.717, 1.165) is 6.54 Å². The second-order valence-electron chi connectivity index (χ2n) is 3.22. The minimum atomic E-state index is 0.534. The van der Waals surface area contributed by atoms with Crippen molar-refractivity contribution in [1.82, 2.24) is 10.3 Å². The first-order chi connectivity index (χ1) is 4.74. The maximum atomic E-state index is 5.34. The third-order valence-electron chi connectivity index (χ3n) is 2.44. The molecule has 1 rings (SSSR count). The van der Waals surface area contributed by atoms with Crippen LogP contribution in [-0.2, 0) is 0 Å². The number of piperidine rings is 1. The minimum Gasteiger partial charge on any atom is -0.304 e. The quantitative estimate of drug-likeness (QED) is 0.399. The molecule has 0 aliphatic carbocycles. The van der Waals surface area contributed by atoms with Gasteiger partial charge >= 0.3 is 0 Å². The lowest BCUT2D eigenvalue weighted by Gasteiger charge is -2.34. The lowest BCUT2D eigenvalue weighted by atomic mass is 10.00. The Morgan fingerprint density at radius 2 is 2.30 bits per heavy atom. The van der Waals surface area contributed by atoms with E-state index in [9.17, 15) is 0 Å². The topological polar surface area (TPSA) is 41.3 Å². The van der Waals surface area contributed by atoms with E-state index in [-0.39, 0.29) is 0 Å². The van der Waals surface area contributed by atoms with Gasteiger partial charge in [-0.1, -0.05) is 0 Å². The van der Waals surface area contributed by atoms with E-state index in [1.165, 1.54) is 12.8 Å². The highest BCUT2D eigenvalue weighted by molar-refractivity contribution is 4.79. The fraction of sp³-hybridized carbons (Fsp3) is 1.00. The van der Waals surface area contributed by atoms with Crippen molar-refractivity contribution < 1.29 is 0 Å². The van der Waals surface area contributed by atoms with E-state index in [4.69, 9.17) is 5.84 Å². The van der Waals surface area contributed by atoms with Gasteiger partial charge in [0.1, 0.15) is 0 Å². The van der Waals surface area contributed by atoms with Crippen LogP contribution in [-0.4, -0.2) is 30.6 Å². The molecule has 0 radical (unpaired) electrons. The van der Waals surface area contributed by atoms with Crippen molar-refractivity contribution in [2.75, 3.05) is 13.6 Å². The Kier molecular flexibility index (Phi) is 2.65. The van der Waals surface area contributed by atoms with E-state index in [1.54, 1.807) is 0 Å². The van der Waals surface area contributed by atoms with E-state index >= 15 is 0 Å². The molecule has 3 nitrogen and oxygen atoms in total. The average molecular weight is 143 g/mol. The van der Waals surface area contributed by atoms with Crippen molar-refractivity contribution in [3.8, 4) is 0 Å². The molecular formula is C7H17N3. The maximum Gasteiger partial charge on any atom is 0.0237 e. The lowest BCUT2D eigenvalue weighted by molar-refractivity contribution is 0.169. The van der Waals surface area contributed by atoms with Crippen LogP contribution in [0.15, 0.2) is 0 Å². The molecule has 0 aromatic carbocycles. The standard InChI is InChI=1S/C7H17N3/c1-6-5-7(9-8)3-4-10(6)2/h6-7,9H,3-5,8H2,1-2H3. The molecule has 2 atom stereocenters. The second-order valence-corrected chi connectivity index (χ2v) is 3.22. The largest absolute Gasteiger partial charge is 0.304 e. The molecule has 0 saturated carbocycles. The van der Waals surface area contributed by atoms with Gasteiger partial charge in [-0.05, 0) is 33.4 Å². The number of rotatable bonds is 1. The van der Waals surface area contributed by atoms with Crippen molar-refractivity contribution in [2.24, 2.45) is 5.84 Å². The molecule has 60 valence electrons. The van der Waals surface area contributed by atoms with Crippen LogP contribution in [0.2, 0.25) is 0 Å². The number of hydrogen-bond donors (Lipinski definition) is 2. The number of nitrogens with two attached hydrogens (primary N) is 1. The molecule has 1 fully saturated rings. The van der Waals surface area contributed by atoms with Crippen molar-refractivity contribution >= 4 is 0 Å². The monoisotopic (exact) mass is 143 g/mol. The number of hydrazine groups is 1. The Hall–Kier alpha value is -0.120. The Bertz CT molecular complexity index is 105. The van der Waals surface area contributed by atoms with Gasteiger partial charge in [-0.2, -0.15) is 0 Å². The molecule has 0 aromatic rings. The van der Waals surface area contributed by atoms with Gasteiger partial charge in [0.25, 0.3) is 0 Å². The highest BCUT2D eigenvalue weighted by Crippen LogP contribution is 2.13. The van der Waals surface area contributed by atoms with E-state index < -0.39 is 0 Å². The third-order valence-corrected chi connectivity index (χ3v) is 2.44. The van der Waals surface area contributed by atoms with E-state index in [0.29, 0.717) is 12.1 Å². The van der Waals surface area contributed by atoms with Crippen molar-refractivity contribution in [3.63, 3.8) is 0 Å². The minimum absolute atomic E-state index is 0.534. The van der Waals surface area contributed by atoms with Gasteiger partial charge in [0.15, 0.2) is 0 Å². The first kappa shape index (κ1) is 7.98. The summed E-state index contributed by atoms with van der Waals surface area (Å²) in [6.07, 6.45) is 2.35. The van der Waals surface area contributed by atoms with Crippen molar-refractivity contribution in [1.29, 1.82) is 0 Å². The van der Waals surface area contributed by atoms with Crippen molar-refractivity contribution in [3.05, 3.63) is 0 Å². The lowest BCUT2D eigenvalue weighted by Crippen LogP contribution is -2.47. The summed E-state index contributed by atoms with van der Waals surface area (Å²) in [4.78, 5) is 2.37. The van der Waals surface area contributed by atoms with Gasteiger partial charge in [-0.15, -0.1) is 0 Å². The Morgan fingerprint density at radius 1 is 1.60 bits per heavy atom. The molecule has 1 saturated heterocycles. The Labute approximate surface area is 62.5 Å². The molecule has 10 heavy (non-hydrogen) atoms.